The van der Waals surface area contributed by atoms with Crippen LogP contribution in [0.3, 0.4) is 0 Å². The fraction of sp³-hybridized carbons (Fsp3) is 0.125. The van der Waals surface area contributed by atoms with Crippen molar-refractivity contribution in [1.29, 1.82) is 0 Å². The van der Waals surface area contributed by atoms with Crippen LogP contribution < -0.4 is 0 Å². The summed E-state index contributed by atoms with van der Waals surface area (Å²) in [5, 5.41) is 7.36. The number of halogens is 1. The van der Waals surface area contributed by atoms with E-state index in [0.29, 0.717) is 0 Å². The highest BCUT2D eigenvalue weighted by Crippen LogP contribution is 2.17. The van der Waals surface area contributed by atoms with Crippen LogP contribution in [-0.4, -0.2) is 20.2 Å². The molecule has 14 heavy (non-hydrogen) atoms. The minimum absolute atomic E-state index is 0.794. The first-order valence-electron chi connectivity index (χ1n) is 3.93. The minimum atomic E-state index is 0.794. The van der Waals surface area contributed by atoms with Crippen molar-refractivity contribution in [3.05, 3.63) is 34.8 Å². The Hall–Kier alpha value is -0.880. The lowest BCUT2D eigenvalue weighted by Crippen LogP contribution is -1.86. The Bertz CT molecular complexity index is 386. The Kier molecular flexibility index (Phi) is 3.15. The SMILES string of the molecule is Brc1ccc(CSc2ncn[nH]2)nc1. The zero-order valence-electron chi connectivity index (χ0n) is 7.14. The molecule has 2 aromatic rings. The van der Waals surface area contributed by atoms with Crippen molar-refractivity contribution in [2.75, 3.05) is 0 Å². The smallest absolute Gasteiger partial charge is 0.183 e. The van der Waals surface area contributed by atoms with Crippen molar-refractivity contribution in [2.45, 2.75) is 10.9 Å². The highest BCUT2D eigenvalue weighted by Gasteiger charge is 1.99. The van der Waals surface area contributed by atoms with Crippen LogP contribution in [0, 0.1) is 0 Å². The van der Waals surface area contributed by atoms with Crippen LogP contribution in [0.15, 0.2) is 34.3 Å². The predicted octanol–water partition coefficient (Wildman–Crippen LogP) is 2.25. The maximum atomic E-state index is 4.25. The van der Waals surface area contributed by atoms with E-state index in [1.165, 1.54) is 6.33 Å². The van der Waals surface area contributed by atoms with E-state index in [1.807, 2.05) is 12.1 Å². The standard InChI is InChI=1S/C8H7BrN4S/c9-6-1-2-7(10-3-6)4-14-8-11-5-12-13-8/h1-3,5H,4H2,(H,11,12,13). The highest BCUT2D eigenvalue weighted by molar-refractivity contribution is 9.10. The van der Waals surface area contributed by atoms with Crippen LogP contribution in [-0.2, 0) is 5.75 Å². The van der Waals surface area contributed by atoms with Crippen molar-refractivity contribution in [3.63, 3.8) is 0 Å². The lowest BCUT2D eigenvalue weighted by atomic mass is 10.4. The van der Waals surface area contributed by atoms with Gasteiger partial charge < -0.3 is 0 Å². The van der Waals surface area contributed by atoms with Gasteiger partial charge in [0.1, 0.15) is 6.33 Å². The molecule has 6 heteroatoms. The van der Waals surface area contributed by atoms with Gasteiger partial charge in [-0.1, -0.05) is 11.8 Å². The second kappa shape index (κ2) is 4.56. The number of pyridine rings is 1. The van der Waals surface area contributed by atoms with Gasteiger partial charge >= 0.3 is 0 Å². The zero-order valence-corrected chi connectivity index (χ0v) is 9.55. The molecule has 0 amide bonds. The van der Waals surface area contributed by atoms with Crippen molar-refractivity contribution in [1.82, 2.24) is 20.2 Å². The third kappa shape index (κ3) is 2.55. The third-order valence-corrected chi connectivity index (χ3v) is 2.92. The Balaban J connectivity index is 1.95. The first-order valence-corrected chi connectivity index (χ1v) is 5.71. The molecule has 2 heterocycles. The molecule has 2 aromatic heterocycles. The number of rotatable bonds is 3. The molecule has 2 rings (SSSR count). The van der Waals surface area contributed by atoms with E-state index in [4.69, 9.17) is 0 Å². The molecule has 0 aliphatic heterocycles. The molecular formula is C8H7BrN4S. The molecule has 0 radical (unpaired) electrons. The first-order chi connectivity index (χ1) is 6.84. The van der Waals surface area contributed by atoms with Gasteiger partial charge in [-0.3, -0.25) is 10.1 Å². The van der Waals surface area contributed by atoms with Gasteiger partial charge in [-0.15, -0.1) is 0 Å². The van der Waals surface area contributed by atoms with Gasteiger partial charge in [0.15, 0.2) is 5.16 Å². The summed E-state index contributed by atoms with van der Waals surface area (Å²) >= 11 is 4.92. The average Bonchev–Trinajstić information content (AvgIpc) is 2.70. The molecule has 0 fully saturated rings. The number of nitrogens with zero attached hydrogens (tertiary/aromatic N) is 3. The van der Waals surface area contributed by atoms with E-state index in [1.54, 1.807) is 18.0 Å². The molecule has 0 bridgehead atoms. The lowest BCUT2D eigenvalue weighted by Gasteiger charge is -1.97. The molecular weight excluding hydrogens is 264 g/mol. The van der Waals surface area contributed by atoms with E-state index >= 15 is 0 Å². The molecule has 1 N–H and O–H groups in total. The molecule has 0 aromatic carbocycles. The first kappa shape index (κ1) is 9.67. The van der Waals surface area contributed by atoms with Gasteiger partial charge in [0.2, 0.25) is 0 Å². The minimum Gasteiger partial charge on any atom is -0.259 e. The van der Waals surface area contributed by atoms with E-state index in [0.717, 1.165) is 21.1 Å². The predicted molar refractivity (Wildman–Crippen MR) is 57.9 cm³/mol. The lowest BCUT2D eigenvalue weighted by molar-refractivity contribution is 0.971. The van der Waals surface area contributed by atoms with E-state index in [9.17, 15) is 0 Å². The highest BCUT2D eigenvalue weighted by atomic mass is 79.9. The number of aromatic amines is 1. The molecule has 0 spiro atoms. The largest absolute Gasteiger partial charge is 0.259 e. The van der Waals surface area contributed by atoms with Crippen LogP contribution in [0.25, 0.3) is 0 Å². The summed E-state index contributed by atoms with van der Waals surface area (Å²) in [5.41, 5.74) is 1.02. The summed E-state index contributed by atoms with van der Waals surface area (Å²) < 4.78 is 0.992. The topological polar surface area (TPSA) is 54.5 Å². The molecule has 0 saturated heterocycles. The van der Waals surface area contributed by atoms with Gasteiger partial charge in [-0.2, -0.15) is 5.10 Å². The number of aromatic nitrogens is 4. The maximum absolute atomic E-state index is 4.25. The molecule has 0 saturated carbocycles. The number of nitrogens with one attached hydrogen (secondary N) is 1. The van der Waals surface area contributed by atoms with Gasteiger partial charge in [0.05, 0.1) is 5.69 Å². The monoisotopic (exact) mass is 270 g/mol. The summed E-state index contributed by atoms with van der Waals surface area (Å²) in [5.74, 6) is 0.794. The zero-order chi connectivity index (χ0) is 9.80. The van der Waals surface area contributed by atoms with Gasteiger partial charge in [-0.25, -0.2) is 4.98 Å². The van der Waals surface area contributed by atoms with E-state index in [-0.39, 0.29) is 0 Å². The fourth-order valence-electron chi connectivity index (χ4n) is 0.898. The second-order valence-electron chi connectivity index (χ2n) is 2.55. The van der Waals surface area contributed by atoms with Crippen LogP contribution in [0.4, 0.5) is 0 Å². The van der Waals surface area contributed by atoms with Gasteiger partial charge in [0.25, 0.3) is 0 Å². The number of thioether (sulfide) groups is 1. The molecule has 0 atom stereocenters. The Labute approximate surface area is 93.7 Å². The van der Waals surface area contributed by atoms with Gasteiger partial charge in [-0.05, 0) is 28.1 Å². The summed E-state index contributed by atoms with van der Waals surface area (Å²) in [4.78, 5) is 8.26. The van der Waals surface area contributed by atoms with Crippen LogP contribution >= 0.6 is 27.7 Å². The average molecular weight is 271 g/mol. The number of hydrogen-bond donors (Lipinski definition) is 1. The molecule has 0 aliphatic carbocycles. The second-order valence-corrected chi connectivity index (χ2v) is 4.43. The Morgan fingerprint density at radius 2 is 2.29 bits per heavy atom. The summed E-state index contributed by atoms with van der Waals surface area (Å²) in [6.45, 7) is 0. The molecule has 4 nitrogen and oxygen atoms in total. The van der Waals surface area contributed by atoms with E-state index < -0.39 is 0 Å². The summed E-state index contributed by atoms with van der Waals surface area (Å²) in [6, 6.07) is 3.96. The van der Waals surface area contributed by atoms with Crippen LogP contribution in [0.1, 0.15) is 5.69 Å². The number of H-pyrrole nitrogens is 1. The van der Waals surface area contributed by atoms with Crippen molar-refractivity contribution >= 4 is 27.7 Å². The number of hydrogen-bond acceptors (Lipinski definition) is 4. The van der Waals surface area contributed by atoms with Crippen molar-refractivity contribution in [2.24, 2.45) is 0 Å². The van der Waals surface area contributed by atoms with Crippen LogP contribution in [0.2, 0.25) is 0 Å². The summed E-state index contributed by atoms with van der Waals surface area (Å²) in [7, 11) is 0. The quantitative estimate of drug-likeness (QED) is 0.870. The molecule has 0 unspecified atom stereocenters. The Morgan fingerprint density at radius 3 is 2.93 bits per heavy atom. The fourth-order valence-corrected chi connectivity index (χ4v) is 1.83. The van der Waals surface area contributed by atoms with Crippen molar-refractivity contribution < 1.29 is 0 Å². The van der Waals surface area contributed by atoms with E-state index in [2.05, 4.69) is 36.1 Å². The third-order valence-electron chi connectivity index (χ3n) is 1.54. The van der Waals surface area contributed by atoms with Crippen LogP contribution in [0.5, 0.6) is 0 Å². The maximum Gasteiger partial charge on any atom is 0.183 e. The van der Waals surface area contributed by atoms with Crippen molar-refractivity contribution in [3.8, 4) is 0 Å². The molecule has 72 valence electrons. The molecule has 0 aliphatic rings. The summed E-state index contributed by atoms with van der Waals surface area (Å²) in [6.07, 6.45) is 3.29. The Morgan fingerprint density at radius 1 is 1.36 bits per heavy atom. The van der Waals surface area contributed by atoms with Gasteiger partial charge in [0, 0.05) is 16.4 Å². The normalized spacial score (nSPS) is 10.4.